The Kier molecular flexibility index (Phi) is 7.91. The van der Waals surface area contributed by atoms with Crippen LogP contribution in [0, 0.1) is 6.92 Å². The lowest BCUT2D eigenvalue weighted by Gasteiger charge is -2.22. The van der Waals surface area contributed by atoms with Crippen LogP contribution in [-0.2, 0) is 20.6 Å². The molecule has 2 rings (SSSR count). The van der Waals surface area contributed by atoms with Gasteiger partial charge in [0.15, 0.2) is 5.13 Å². The molecule has 0 spiro atoms. The van der Waals surface area contributed by atoms with E-state index in [0.29, 0.717) is 17.1 Å². The molecule has 2 aromatic rings. The summed E-state index contributed by atoms with van der Waals surface area (Å²) in [5.41, 5.74) is 1.51. The van der Waals surface area contributed by atoms with Gasteiger partial charge in [0, 0.05) is 11.9 Å². The summed E-state index contributed by atoms with van der Waals surface area (Å²) in [5, 5.41) is 4.99. The molecule has 0 aliphatic rings. The van der Waals surface area contributed by atoms with Gasteiger partial charge in [0.2, 0.25) is 15.9 Å². The quantitative estimate of drug-likeness (QED) is 0.649. The molecule has 1 aromatic heterocycles. The molecule has 9 heteroatoms. The van der Waals surface area contributed by atoms with Crippen LogP contribution in [0.15, 0.2) is 35.7 Å². The average Bonchev–Trinajstić information content (AvgIpc) is 2.99. The Hall–Kier alpha value is -1.81. The smallest absolute Gasteiger partial charge is 0.241 e. The van der Waals surface area contributed by atoms with Crippen LogP contribution in [-0.4, -0.2) is 62.2 Å². The van der Waals surface area contributed by atoms with E-state index in [-0.39, 0.29) is 24.7 Å². The van der Waals surface area contributed by atoms with Crippen LogP contribution < -0.4 is 5.32 Å². The van der Waals surface area contributed by atoms with Crippen LogP contribution in [0.4, 0.5) is 5.13 Å². The van der Waals surface area contributed by atoms with Crippen molar-refractivity contribution in [1.82, 2.24) is 14.2 Å². The Morgan fingerprint density at radius 3 is 2.48 bits per heavy atom. The zero-order valence-electron chi connectivity index (χ0n) is 15.9. The monoisotopic (exact) mass is 410 g/mol. The molecule has 1 amide bonds. The second-order valence-electron chi connectivity index (χ2n) is 6.57. The highest BCUT2D eigenvalue weighted by Crippen LogP contribution is 2.15. The lowest BCUT2D eigenvalue weighted by molar-refractivity contribution is -0.116. The highest BCUT2D eigenvalue weighted by atomic mass is 32.2. The molecule has 0 radical (unpaired) electrons. The van der Waals surface area contributed by atoms with E-state index in [2.05, 4.69) is 10.3 Å². The van der Waals surface area contributed by atoms with Gasteiger partial charge in [-0.1, -0.05) is 30.3 Å². The molecule has 1 aromatic carbocycles. The van der Waals surface area contributed by atoms with Crippen LogP contribution in [0.1, 0.15) is 17.7 Å². The van der Waals surface area contributed by atoms with Crippen LogP contribution in [0.3, 0.4) is 0 Å². The second-order valence-corrected chi connectivity index (χ2v) is 9.40. The number of aryl methyl sites for hydroxylation is 1. The number of benzene rings is 1. The van der Waals surface area contributed by atoms with Crippen molar-refractivity contribution in [2.24, 2.45) is 0 Å². The number of sulfonamides is 1. The summed E-state index contributed by atoms with van der Waals surface area (Å²) in [6.07, 6.45) is 0.644. The maximum Gasteiger partial charge on any atom is 0.241 e. The van der Waals surface area contributed by atoms with Gasteiger partial charge < -0.3 is 10.2 Å². The minimum Gasteiger partial charge on any atom is -0.309 e. The Morgan fingerprint density at radius 2 is 1.89 bits per heavy atom. The van der Waals surface area contributed by atoms with Crippen LogP contribution >= 0.6 is 11.3 Å². The first-order valence-corrected chi connectivity index (χ1v) is 11.1. The Labute approximate surface area is 165 Å². The molecule has 27 heavy (non-hydrogen) atoms. The number of hydrogen-bond acceptors (Lipinski definition) is 6. The van der Waals surface area contributed by atoms with Crippen molar-refractivity contribution in [3.63, 3.8) is 0 Å². The highest BCUT2D eigenvalue weighted by molar-refractivity contribution is 7.88. The molecule has 0 atom stereocenters. The van der Waals surface area contributed by atoms with E-state index in [1.54, 1.807) is 24.3 Å². The number of amides is 1. The van der Waals surface area contributed by atoms with Crippen LogP contribution in [0.25, 0.3) is 0 Å². The fourth-order valence-electron chi connectivity index (χ4n) is 2.49. The molecule has 0 bridgehead atoms. The predicted octanol–water partition coefficient (Wildman–Crippen LogP) is 2.17. The zero-order chi connectivity index (χ0) is 19.9. The van der Waals surface area contributed by atoms with Crippen molar-refractivity contribution in [3.05, 3.63) is 47.0 Å². The Morgan fingerprint density at radius 1 is 1.19 bits per heavy atom. The zero-order valence-corrected chi connectivity index (χ0v) is 17.5. The number of anilines is 1. The third-order valence-corrected chi connectivity index (χ3v) is 6.46. The lowest BCUT2D eigenvalue weighted by Crippen LogP contribution is -2.40. The molecular weight excluding hydrogens is 384 g/mol. The number of hydrogen-bond donors (Lipinski definition) is 1. The number of thiazole rings is 1. The summed E-state index contributed by atoms with van der Waals surface area (Å²) in [6.45, 7) is 2.65. The number of nitrogens with one attached hydrogen (secondary N) is 1. The number of carbonyl (C=O) groups is 1. The van der Waals surface area contributed by atoms with Crippen molar-refractivity contribution in [2.75, 3.05) is 39.0 Å². The predicted molar refractivity (Wildman–Crippen MR) is 109 cm³/mol. The minimum atomic E-state index is -3.62. The molecule has 0 aliphatic heterocycles. The van der Waals surface area contributed by atoms with E-state index in [9.17, 15) is 13.2 Å². The molecule has 148 valence electrons. The molecule has 1 N–H and O–H groups in total. The van der Waals surface area contributed by atoms with E-state index in [1.165, 1.54) is 15.6 Å². The fraction of sp³-hybridized carbons (Fsp3) is 0.444. The van der Waals surface area contributed by atoms with E-state index < -0.39 is 10.0 Å². The molecule has 0 saturated heterocycles. The lowest BCUT2D eigenvalue weighted by atomic mass is 10.2. The first-order chi connectivity index (χ1) is 12.8. The summed E-state index contributed by atoms with van der Waals surface area (Å²) >= 11 is 1.32. The van der Waals surface area contributed by atoms with Crippen LogP contribution in [0.2, 0.25) is 0 Å². The first kappa shape index (κ1) is 21.5. The summed E-state index contributed by atoms with van der Waals surface area (Å²) in [4.78, 5) is 18.5. The topological polar surface area (TPSA) is 82.6 Å². The number of nitrogens with zero attached hydrogens (tertiary/aromatic N) is 3. The summed E-state index contributed by atoms with van der Waals surface area (Å²) in [7, 11) is 0.243. The number of aromatic nitrogens is 1. The van der Waals surface area contributed by atoms with Gasteiger partial charge in [-0.05, 0) is 39.5 Å². The van der Waals surface area contributed by atoms with Gasteiger partial charge >= 0.3 is 0 Å². The van der Waals surface area contributed by atoms with Crippen molar-refractivity contribution in [1.29, 1.82) is 0 Å². The SMILES string of the molecule is Cc1csc(NC(=O)CN(CCCN(C)C)S(=O)(=O)Cc2ccccc2)n1. The van der Waals surface area contributed by atoms with Gasteiger partial charge in [-0.2, -0.15) is 4.31 Å². The third-order valence-electron chi connectivity index (χ3n) is 3.78. The van der Waals surface area contributed by atoms with Gasteiger partial charge in [0.25, 0.3) is 0 Å². The van der Waals surface area contributed by atoms with Crippen LogP contribution in [0.5, 0.6) is 0 Å². The summed E-state index contributed by atoms with van der Waals surface area (Å²) in [6, 6.07) is 8.99. The maximum absolute atomic E-state index is 12.9. The van der Waals surface area contributed by atoms with Crippen molar-refractivity contribution in [2.45, 2.75) is 19.1 Å². The van der Waals surface area contributed by atoms with Crippen molar-refractivity contribution >= 4 is 32.4 Å². The Bertz CT molecular complexity index is 835. The molecular formula is C18H26N4O3S2. The van der Waals surface area contributed by atoms with Gasteiger partial charge in [-0.3, -0.25) is 4.79 Å². The molecule has 0 saturated carbocycles. The van der Waals surface area contributed by atoms with E-state index >= 15 is 0 Å². The molecule has 0 fully saturated rings. The van der Waals surface area contributed by atoms with Gasteiger partial charge in [-0.15, -0.1) is 11.3 Å². The Balaban J connectivity index is 2.07. The average molecular weight is 411 g/mol. The second kappa shape index (κ2) is 9.93. The maximum atomic E-state index is 12.9. The normalized spacial score (nSPS) is 11.9. The van der Waals surface area contributed by atoms with E-state index in [1.807, 2.05) is 37.4 Å². The minimum absolute atomic E-state index is 0.126. The molecule has 0 unspecified atom stereocenters. The standard InChI is InChI=1S/C18H26N4O3S2/c1-15-13-26-18(19-15)20-17(23)12-22(11-7-10-21(2)3)27(24,25)14-16-8-5-4-6-9-16/h4-6,8-9,13H,7,10-12,14H2,1-3H3,(H,19,20,23). The fourth-order valence-corrected chi connectivity index (χ4v) is 4.71. The number of carbonyl (C=O) groups excluding carboxylic acids is 1. The van der Waals surface area contributed by atoms with Crippen molar-refractivity contribution in [3.8, 4) is 0 Å². The molecule has 1 heterocycles. The van der Waals surface area contributed by atoms with Gasteiger partial charge in [0.1, 0.15) is 0 Å². The first-order valence-electron chi connectivity index (χ1n) is 8.65. The highest BCUT2D eigenvalue weighted by Gasteiger charge is 2.25. The molecule has 7 nitrogen and oxygen atoms in total. The van der Waals surface area contributed by atoms with Crippen molar-refractivity contribution < 1.29 is 13.2 Å². The summed E-state index contributed by atoms with van der Waals surface area (Å²) in [5.74, 6) is -0.509. The summed E-state index contributed by atoms with van der Waals surface area (Å²) < 4.78 is 27.0. The van der Waals surface area contributed by atoms with Gasteiger partial charge in [0.05, 0.1) is 18.0 Å². The molecule has 0 aliphatic carbocycles. The third kappa shape index (κ3) is 7.37. The van der Waals surface area contributed by atoms with Gasteiger partial charge in [-0.25, -0.2) is 13.4 Å². The van der Waals surface area contributed by atoms with E-state index in [0.717, 1.165) is 12.2 Å². The largest absolute Gasteiger partial charge is 0.309 e. The number of rotatable bonds is 10. The van der Waals surface area contributed by atoms with E-state index in [4.69, 9.17) is 0 Å².